The fraction of sp³-hybridized carbons (Fsp3) is 0.800. The van der Waals surface area contributed by atoms with Gasteiger partial charge in [0.15, 0.2) is 0 Å². The van der Waals surface area contributed by atoms with Crippen LogP contribution in [0.4, 0.5) is 0 Å². The average Bonchev–Trinajstić information content (AvgIpc) is 2.02. The Morgan fingerprint density at radius 3 is 2.07 bits per heavy atom. The maximum atomic E-state index is 10.9. The average molecular weight is 200 g/mol. The van der Waals surface area contributed by atoms with E-state index in [4.69, 9.17) is 11.5 Å². The highest BCUT2D eigenvalue weighted by atomic mass is 16.1. The summed E-state index contributed by atoms with van der Waals surface area (Å²) >= 11 is 0. The molecule has 0 aliphatic heterocycles. The second kappa shape index (κ2) is 5.62. The Balaban J connectivity index is 3.54. The first-order valence-electron chi connectivity index (χ1n) is 4.94. The van der Waals surface area contributed by atoms with Crippen molar-refractivity contribution >= 4 is 11.8 Å². The summed E-state index contributed by atoms with van der Waals surface area (Å²) in [7, 11) is 0. The number of rotatable bonds is 7. The van der Waals surface area contributed by atoms with E-state index in [1.807, 2.05) is 13.8 Å². The summed E-state index contributed by atoms with van der Waals surface area (Å²) in [4.78, 5) is 21.4. The predicted molar refractivity (Wildman–Crippen MR) is 55.3 cm³/mol. The highest BCUT2D eigenvalue weighted by molar-refractivity contribution is 5.79. The van der Waals surface area contributed by atoms with E-state index in [2.05, 4.69) is 0 Å². The zero-order valence-electron chi connectivity index (χ0n) is 9.01. The van der Waals surface area contributed by atoms with E-state index in [0.717, 1.165) is 25.7 Å². The highest BCUT2D eigenvalue weighted by Gasteiger charge is 2.23. The summed E-state index contributed by atoms with van der Waals surface area (Å²) in [5.74, 6) is -0.536. The van der Waals surface area contributed by atoms with Crippen LogP contribution in [0, 0.1) is 5.41 Å². The lowest BCUT2D eigenvalue weighted by atomic mass is 9.86. The Hall–Kier alpha value is -1.06. The van der Waals surface area contributed by atoms with Gasteiger partial charge in [-0.3, -0.25) is 9.59 Å². The minimum atomic E-state index is -0.438. The van der Waals surface area contributed by atoms with Crippen LogP contribution in [0.25, 0.3) is 0 Å². The van der Waals surface area contributed by atoms with E-state index < -0.39 is 5.41 Å². The Labute approximate surface area is 85.0 Å². The van der Waals surface area contributed by atoms with Gasteiger partial charge in [0.1, 0.15) is 0 Å². The van der Waals surface area contributed by atoms with Crippen LogP contribution >= 0.6 is 0 Å². The molecule has 0 aromatic heterocycles. The Morgan fingerprint density at radius 1 is 1.07 bits per heavy atom. The molecule has 0 spiro atoms. The largest absolute Gasteiger partial charge is 0.370 e. The van der Waals surface area contributed by atoms with Gasteiger partial charge in [-0.25, -0.2) is 0 Å². The lowest BCUT2D eigenvalue weighted by molar-refractivity contribution is -0.126. The molecule has 0 aliphatic carbocycles. The Bertz CT molecular complexity index is 212. The van der Waals surface area contributed by atoms with E-state index in [1.54, 1.807) is 0 Å². The number of primary amides is 2. The fourth-order valence-corrected chi connectivity index (χ4v) is 1.17. The standard InChI is InChI=1S/C10H20N2O2/c1-10(2,9(12)14)7-5-3-4-6-8(11)13/h3-7H2,1-2H3,(H2,11,13)(H2,12,14). The van der Waals surface area contributed by atoms with E-state index in [-0.39, 0.29) is 11.8 Å². The van der Waals surface area contributed by atoms with Crippen LogP contribution in [0.3, 0.4) is 0 Å². The van der Waals surface area contributed by atoms with Gasteiger partial charge in [0, 0.05) is 11.8 Å². The molecule has 2 amide bonds. The molecule has 0 fully saturated rings. The maximum absolute atomic E-state index is 10.9. The first kappa shape index (κ1) is 12.9. The Kier molecular flexibility index (Phi) is 5.20. The first-order valence-corrected chi connectivity index (χ1v) is 4.94. The third-order valence-electron chi connectivity index (χ3n) is 2.39. The van der Waals surface area contributed by atoms with Gasteiger partial charge in [-0.1, -0.05) is 26.7 Å². The summed E-state index contributed by atoms with van der Waals surface area (Å²) in [6, 6.07) is 0. The third kappa shape index (κ3) is 5.56. The van der Waals surface area contributed by atoms with Gasteiger partial charge in [0.2, 0.25) is 11.8 Å². The molecule has 0 aromatic carbocycles. The number of hydrogen-bond donors (Lipinski definition) is 2. The minimum Gasteiger partial charge on any atom is -0.370 e. The number of nitrogens with two attached hydrogens (primary N) is 2. The summed E-state index contributed by atoms with van der Waals surface area (Å²) in [5.41, 5.74) is 9.78. The molecule has 4 N–H and O–H groups in total. The number of amides is 2. The van der Waals surface area contributed by atoms with Crippen molar-refractivity contribution in [3.8, 4) is 0 Å². The van der Waals surface area contributed by atoms with Crippen molar-refractivity contribution in [3.63, 3.8) is 0 Å². The monoisotopic (exact) mass is 200 g/mol. The quantitative estimate of drug-likeness (QED) is 0.599. The van der Waals surface area contributed by atoms with Crippen LogP contribution in [0.1, 0.15) is 46.0 Å². The molecule has 0 saturated heterocycles. The molecule has 0 aliphatic rings. The van der Waals surface area contributed by atoms with Crippen molar-refractivity contribution < 1.29 is 9.59 Å². The minimum absolute atomic E-state index is 0.265. The molecule has 82 valence electrons. The summed E-state index contributed by atoms with van der Waals surface area (Å²) in [6.07, 6.45) is 3.81. The zero-order valence-corrected chi connectivity index (χ0v) is 9.01. The van der Waals surface area contributed by atoms with Crippen LogP contribution in [0.2, 0.25) is 0 Å². The summed E-state index contributed by atoms with van der Waals surface area (Å²) in [6.45, 7) is 3.67. The summed E-state index contributed by atoms with van der Waals surface area (Å²) < 4.78 is 0. The topological polar surface area (TPSA) is 86.2 Å². The fourth-order valence-electron chi connectivity index (χ4n) is 1.17. The zero-order chi connectivity index (χ0) is 11.2. The second-order valence-electron chi connectivity index (χ2n) is 4.28. The molecule has 14 heavy (non-hydrogen) atoms. The molecule has 0 radical (unpaired) electrons. The second-order valence-corrected chi connectivity index (χ2v) is 4.28. The molecule has 0 rings (SSSR count). The lowest BCUT2D eigenvalue weighted by Gasteiger charge is -2.19. The molecule has 4 heteroatoms. The molecule has 0 saturated carbocycles. The van der Waals surface area contributed by atoms with Crippen molar-refractivity contribution in [2.24, 2.45) is 16.9 Å². The molecule has 4 nitrogen and oxygen atoms in total. The number of carbonyl (C=O) groups is 2. The van der Waals surface area contributed by atoms with Gasteiger partial charge in [-0.2, -0.15) is 0 Å². The third-order valence-corrected chi connectivity index (χ3v) is 2.39. The van der Waals surface area contributed by atoms with Crippen molar-refractivity contribution in [3.05, 3.63) is 0 Å². The normalized spacial score (nSPS) is 11.3. The Morgan fingerprint density at radius 2 is 1.64 bits per heavy atom. The molecule has 0 heterocycles. The van der Waals surface area contributed by atoms with Crippen LogP contribution in [-0.4, -0.2) is 11.8 Å². The molecule has 0 unspecified atom stereocenters. The SMILES string of the molecule is CC(C)(CCCCCC(N)=O)C(N)=O. The number of hydrogen-bond acceptors (Lipinski definition) is 2. The van der Waals surface area contributed by atoms with Gasteiger partial charge in [0.25, 0.3) is 0 Å². The number of carbonyl (C=O) groups excluding carboxylic acids is 2. The van der Waals surface area contributed by atoms with E-state index in [0.29, 0.717) is 6.42 Å². The molecular formula is C10H20N2O2. The van der Waals surface area contributed by atoms with Gasteiger partial charge in [0.05, 0.1) is 0 Å². The number of unbranched alkanes of at least 4 members (excludes halogenated alkanes) is 2. The smallest absolute Gasteiger partial charge is 0.223 e. The van der Waals surface area contributed by atoms with Crippen molar-refractivity contribution in [2.45, 2.75) is 46.0 Å². The van der Waals surface area contributed by atoms with Crippen LogP contribution in [0.15, 0.2) is 0 Å². The van der Waals surface area contributed by atoms with E-state index in [9.17, 15) is 9.59 Å². The van der Waals surface area contributed by atoms with Gasteiger partial charge >= 0.3 is 0 Å². The lowest BCUT2D eigenvalue weighted by Crippen LogP contribution is -2.31. The van der Waals surface area contributed by atoms with Crippen LogP contribution in [0.5, 0.6) is 0 Å². The van der Waals surface area contributed by atoms with E-state index >= 15 is 0 Å². The van der Waals surface area contributed by atoms with Crippen molar-refractivity contribution in [2.75, 3.05) is 0 Å². The van der Waals surface area contributed by atoms with Crippen LogP contribution < -0.4 is 11.5 Å². The molecule has 0 aromatic rings. The molecule has 0 atom stereocenters. The van der Waals surface area contributed by atoms with Gasteiger partial charge in [-0.05, 0) is 12.8 Å². The molecule has 0 bridgehead atoms. The summed E-state index contributed by atoms with van der Waals surface area (Å²) in [5, 5.41) is 0. The van der Waals surface area contributed by atoms with Gasteiger partial charge in [-0.15, -0.1) is 0 Å². The van der Waals surface area contributed by atoms with Crippen molar-refractivity contribution in [1.29, 1.82) is 0 Å². The van der Waals surface area contributed by atoms with Crippen molar-refractivity contribution in [1.82, 2.24) is 0 Å². The van der Waals surface area contributed by atoms with Crippen LogP contribution in [-0.2, 0) is 9.59 Å². The first-order chi connectivity index (χ1) is 6.36. The maximum Gasteiger partial charge on any atom is 0.223 e. The van der Waals surface area contributed by atoms with E-state index in [1.165, 1.54) is 0 Å². The molecular weight excluding hydrogens is 180 g/mol. The highest BCUT2D eigenvalue weighted by Crippen LogP contribution is 2.22. The van der Waals surface area contributed by atoms with Gasteiger partial charge < -0.3 is 11.5 Å². The predicted octanol–water partition coefficient (Wildman–Crippen LogP) is 0.934.